The molecule has 1 fully saturated rings. The van der Waals surface area contributed by atoms with E-state index in [2.05, 4.69) is 10.6 Å². The van der Waals surface area contributed by atoms with Crippen molar-refractivity contribution in [1.82, 2.24) is 5.32 Å². The van der Waals surface area contributed by atoms with E-state index in [0.717, 1.165) is 0 Å². The molecule has 1 aromatic carbocycles. The van der Waals surface area contributed by atoms with Crippen molar-refractivity contribution in [1.29, 1.82) is 0 Å². The van der Waals surface area contributed by atoms with Crippen LogP contribution in [0.15, 0.2) is 18.2 Å². The van der Waals surface area contributed by atoms with Gasteiger partial charge in [0.2, 0.25) is 11.8 Å². The molecule has 0 spiro atoms. The highest BCUT2D eigenvalue weighted by atomic mass is 19.4. The first-order valence-corrected chi connectivity index (χ1v) is 6.24. The van der Waals surface area contributed by atoms with Crippen molar-refractivity contribution in [3.05, 3.63) is 29.6 Å². The molecule has 2 N–H and O–H groups in total. The zero-order chi connectivity index (χ0) is 15.6. The van der Waals surface area contributed by atoms with E-state index in [-0.39, 0.29) is 5.91 Å². The normalized spacial score (nSPS) is 19.0. The summed E-state index contributed by atoms with van der Waals surface area (Å²) in [5.41, 5.74) is -1.62. The van der Waals surface area contributed by atoms with Crippen molar-refractivity contribution in [2.75, 3.05) is 5.32 Å². The van der Waals surface area contributed by atoms with E-state index >= 15 is 0 Å². The molecule has 1 atom stereocenters. The quantitative estimate of drug-likeness (QED) is 0.825. The van der Waals surface area contributed by atoms with Crippen LogP contribution in [0.5, 0.6) is 0 Å². The largest absolute Gasteiger partial charge is 0.416 e. The minimum atomic E-state index is -4.63. The third-order valence-corrected chi connectivity index (χ3v) is 3.10. The van der Waals surface area contributed by atoms with E-state index in [1.54, 1.807) is 0 Å². The molecule has 1 aromatic rings. The zero-order valence-electron chi connectivity index (χ0n) is 10.8. The maximum Gasteiger partial charge on any atom is 0.416 e. The Labute approximate surface area is 117 Å². The molecule has 114 valence electrons. The number of piperidine rings is 1. The second kappa shape index (κ2) is 5.71. The smallest absolute Gasteiger partial charge is 0.344 e. The number of hydrogen-bond donors (Lipinski definition) is 2. The van der Waals surface area contributed by atoms with Crippen LogP contribution < -0.4 is 10.6 Å². The van der Waals surface area contributed by atoms with Gasteiger partial charge in [-0.2, -0.15) is 13.2 Å². The predicted molar refractivity (Wildman–Crippen MR) is 65.8 cm³/mol. The van der Waals surface area contributed by atoms with Gasteiger partial charge in [0.05, 0.1) is 11.3 Å². The Morgan fingerprint density at radius 1 is 1.33 bits per heavy atom. The minimum Gasteiger partial charge on any atom is -0.344 e. The fourth-order valence-electron chi connectivity index (χ4n) is 2.02. The molecule has 2 amide bonds. The minimum absolute atomic E-state index is 0.293. The van der Waals surface area contributed by atoms with Gasteiger partial charge >= 0.3 is 6.18 Å². The highest BCUT2D eigenvalue weighted by Crippen LogP contribution is 2.31. The number of anilines is 1. The Bertz CT molecular complexity index is 572. The van der Waals surface area contributed by atoms with E-state index in [4.69, 9.17) is 0 Å². The number of carbonyl (C=O) groups is 2. The highest BCUT2D eigenvalue weighted by Gasteiger charge is 2.32. The van der Waals surface area contributed by atoms with Gasteiger partial charge < -0.3 is 10.6 Å². The second-order valence-corrected chi connectivity index (χ2v) is 4.69. The van der Waals surface area contributed by atoms with Crippen LogP contribution in [0, 0.1) is 5.82 Å². The third-order valence-electron chi connectivity index (χ3n) is 3.10. The maximum atomic E-state index is 13.5. The van der Waals surface area contributed by atoms with Crippen LogP contribution in [0.1, 0.15) is 24.8 Å². The summed E-state index contributed by atoms with van der Waals surface area (Å²) in [5, 5.41) is 4.49. The molecule has 0 aromatic heterocycles. The fourth-order valence-corrected chi connectivity index (χ4v) is 2.02. The van der Waals surface area contributed by atoms with Crippen molar-refractivity contribution in [3.8, 4) is 0 Å². The summed E-state index contributed by atoms with van der Waals surface area (Å²) in [5.74, 6) is -2.02. The van der Waals surface area contributed by atoms with Crippen LogP contribution in [-0.2, 0) is 15.8 Å². The molecule has 1 saturated heterocycles. The molecule has 1 aliphatic rings. The van der Waals surface area contributed by atoms with Crippen LogP contribution >= 0.6 is 0 Å². The number of nitrogens with one attached hydrogen (secondary N) is 2. The predicted octanol–water partition coefficient (Wildman–Crippen LogP) is 2.45. The van der Waals surface area contributed by atoms with E-state index < -0.39 is 35.2 Å². The van der Waals surface area contributed by atoms with Gasteiger partial charge in [0, 0.05) is 6.42 Å². The third kappa shape index (κ3) is 3.71. The maximum absolute atomic E-state index is 13.5. The first-order chi connectivity index (χ1) is 9.77. The molecule has 8 heteroatoms. The molecule has 0 saturated carbocycles. The van der Waals surface area contributed by atoms with Crippen molar-refractivity contribution >= 4 is 17.5 Å². The van der Waals surface area contributed by atoms with E-state index in [0.29, 0.717) is 37.5 Å². The zero-order valence-corrected chi connectivity index (χ0v) is 10.8. The molecule has 1 heterocycles. The first kappa shape index (κ1) is 15.3. The Hall–Kier alpha value is -2.12. The Morgan fingerprint density at radius 2 is 2.05 bits per heavy atom. The molecule has 0 unspecified atom stereocenters. The van der Waals surface area contributed by atoms with Crippen LogP contribution in [0.25, 0.3) is 0 Å². The monoisotopic (exact) mass is 304 g/mol. The van der Waals surface area contributed by atoms with Crippen molar-refractivity contribution in [2.24, 2.45) is 0 Å². The molecule has 0 bridgehead atoms. The van der Waals surface area contributed by atoms with Crippen LogP contribution in [0.4, 0.5) is 23.2 Å². The molecular weight excluding hydrogens is 292 g/mol. The van der Waals surface area contributed by atoms with Crippen molar-refractivity contribution in [2.45, 2.75) is 31.5 Å². The molecule has 0 radical (unpaired) electrons. The van der Waals surface area contributed by atoms with Gasteiger partial charge in [0.15, 0.2) is 0 Å². The van der Waals surface area contributed by atoms with Crippen molar-refractivity contribution in [3.63, 3.8) is 0 Å². The summed E-state index contributed by atoms with van der Waals surface area (Å²) < 4.78 is 51.1. The lowest BCUT2D eigenvalue weighted by molar-refractivity contribution is -0.137. The number of benzene rings is 1. The summed E-state index contributed by atoms with van der Waals surface area (Å²) in [4.78, 5) is 23.0. The number of halogens is 4. The standard InChI is InChI=1S/C13H12F4N2O2/c14-8-5-4-7(13(15,16)17)6-10(8)19-12(21)9-2-1-3-11(20)18-9/h4-6,9H,1-3H2,(H,18,20)(H,19,21)/t9-/m1/s1. The van der Waals surface area contributed by atoms with Gasteiger partial charge in [0.1, 0.15) is 11.9 Å². The summed E-state index contributed by atoms with van der Waals surface area (Å²) in [6.07, 6.45) is -3.49. The number of amides is 2. The van der Waals surface area contributed by atoms with Crippen molar-refractivity contribution < 1.29 is 27.2 Å². The summed E-state index contributed by atoms with van der Waals surface area (Å²) in [7, 11) is 0. The fraction of sp³-hybridized carbons (Fsp3) is 0.385. The topological polar surface area (TPSA) is 58.2 Å². The van der Waals surface area contributed by atoms with Gasteiger partial charge in [-0.3, -0.25) is 9.59 Å². The number of rotatable bonds is 2. The average molecular weight is 304 g/mol. The van der Waals surface area contributed by atoms with E-state index in [9.17, 15) is 27.2 Å². The average Bonchev–Trinajstić information content (AvgIpc) is 2.40. The van der Waals surface area contributed by atoms with Crippen LogP contribution in [-0.4, -0.2) is 17.9 Å². The van der Waals surface area contributed by atoms with E-state index in [1.165, 1.54) is 0 Å². The molecule has 21 heavy (non-hydrogen) atoms. The number of alkyl halides is 3. The van der Waals surface area contributed by atoms with Crippen LogP contribution in [0.3, 0.4) is 0 Å². The molecule has 0 aliphatic carbocycles. The summed E-state index contributed by atoms with van der Waals surface area (Å²) in [6, 6.07) is 0.892. The Morgan fingerprint density at radius 3 is 2.67 bits per heavy atom. The van der Waals surface area contributed by atoms with Gasteiger partial charge in [-0.15, -0.1) is 0 Å². The lowest BCUT2D eigenvalue weighted by Crippen LogP contribution is -2.46. The van der Waals surface area contributed by atoms with Gasteiger partial charge in [-0.25, -0.2) is 4.39 Å². The Kier molecular flexibility index (Phi) is 4.15. The molecule has 1 aliphatic heterocycles. The van der Waals surface area contributed by atoms with Crippen LogP contribution in [0.2, 0.25) is 0 Å². The summed E-state index contributed by atoms with van der Waals surface area (Å²) >= 11 is 0. The second-order valence-electron chi connectivity index (χ2n) is 4.69. The summed E-state index contributed by atoms with van der Waals surface area (Å²) in [6.45, 7) is 0. The lowest BCUT2D eigenvalue weighted by atomic mass is 10.0. The number of hydrogen-bond acceptors (Lipinski definition) is 2. The SMILES string of the molecule is O=C1CCC[C@H](C(=O)Nc2cc(C(F)(F)F)ccc2F)N1. The molecular formula is C13H12F4N2O2. The molecule has 4 nitrogen and oxygen atoms in total. The molecule has 2 rings (SSSR count). The first-order valence-electron chi connectivity index (χ1n) is 6.24. The van der Waals surface area contributed by atoms with Gasteiger partial charge in [0.25, 0.3) is 0 Å². The lowest BCUT2D eigenvalue weighted by Gasteiger charge is -2.22. The Balaban J connectivity index is 2.15. The highest BCUT2D eigenvalue weighted by molar-refractivity contribution is 5.97. The van der Waals surface area contributed by atoms with Gasteiger partial charge in [-0.1, -0.05) is 0 Å². The van der Waals surface area contributed by atoms with E-state index in [1.807, 2.05) is 0 Å². The van der Waals surface area contributed by atoms with Gasteiger partial charge in [-0.05, 0) is 31.0 Å². The number of carbonyl (C=O) groups excluding carboxylic acids is 2.